The Kier molecular flexibility index (Phi) is 16.4. The van der Waals surface area contributed by atoms with Crippen LogP contribution in [0.3, 0.4) is 0 Å². The average molecular weight is 627 g/mol. The Bertz CT molecular complexity index is 1310. The molecule has 3 rings (SSSR count). The summed E-state index contributed by atoms with van der Waals surface area (Å²) >= 11 is 0. The number of carbonyl (C=O) groups is 3. The van der Waals surface area contributed by atoms with Gasteiger partial charge < -0.3 is 40.0 Å². The predicted molar refractivity (Wildman–Crippen MR) is 171 cm³/mol. The number of nitrogens with zero attached hydrogens (tertiary/aromatic N) is 2. The number of hydrogen-bond donors (Lipinski definition) is 3. The van der Waals surface area contributed by atoms with E-state index in [0.717, 1.165) is 29.4 Å². The van der Waals surface area contributed by atoms with E-state index in [1.54, 1.807) is 26.8 Å². The number of benzene rings is 2. The maximum atomic E-state index is 12.4. The third-order valence-corrected chi connectivity index (χ3v) is 6.36. The molecule has 0 spiro atoms. The quantitative estimate of drug-likeness (QED) is 0.121. The normalized spacial score (nSPS) is 13.3. The zero-order chi connectivity index (χ0) is 33.1. The number of amides is 2. The van der Waals surface area contributed by atoms with Crippen molar-refractivity contribution >= 4 is 40.5 Å². The number of nitrogens with one attached hydrogen (secondary N) is 1. The fourth-order valence-electron chi connectivity index (χ4n) is 4.34. The molecule has 1 fully saturated rings. The highest BCUT2D eigenvalue weighted by molar-refractivity contribution is 6.02. The summed E-state index contributed by atoms with van der Waals surface area (Å²) in [6.07, 6.45) is 4.60. The van der Waals surface area contributed by atoms with E-state index in [4.69, 9.17) is 25.1 Å². The number of ether oxygens (including phenoxy) is 4. The molecule has 45 heavy (non-hydrogen) atoms. The van der Waals surface area contributed by atoms with Gasteiger partial charge >= 0.3 is 12.1 Å². The van der Waals surface area contributed by atoms with Gasteiger partial charge in [0.2, 0.25) is 0 Å². The number of nitriles is 1. The molecule has 4 N–H and O–H groups in total. The lowest BCUT2D eigenvalue weighted by atomic mass is 10.0. The Morgan fingerprint density at radius 3 is 2.24 bits per heavy atom. The summed E-state index contributed by atoms with van der Waals surface area (Å²) in [5.74, 6) is -0.918. The van der Waals surface area contributed by atoms with Gasteiger partial charge in [0.1, 0.15) is 23.9 Å². The van der Waals surface area contributed by atoms with Crippen molar-refractivity contribution in [2.45, 2.75) is 52.1 Å². The molecule has 2 aromatic rings. The van der Waals surface area contributed by atoms with Gasteiger partial charge in [0.15, 0.2) is 0 Å². The van der Waals surface area contributed by atoms with Crippen LogP contribution in [-0.2, 0) is 28.5 Å². The monoisotopic (exact) mass is 626 g/mol. The summed E-state index contributed by atoms with van der Waals surface area (Å²) in [5.41, 5.74) is 6.32. The van der Waals surface area contributed by atoms with Gasteiger partial charge in [-0.25, -0.2) is 4.79 Å². The third kappa shape index (κ3) is 15.4. The molecule has 0 atom stereocenters. The molecule has 2 amide bonds. The van der Waals surface area contributed by atoms with Crippen LogP contribution in [0.1, 0.15) is 52.0 Å². The molecule has 0 radical (unpaired) electrons. The molecular formula is C33H46N4O8. The second kappa shape index (κ2) is 20.0. The molecule has 1 aliphatic rings. The van der Waals surface area contributed by atoms with E-state index in [0.29, 0.717) is 13.2 Å². The van der Waals surface area contributed by atoms with Crippen LogP contribution in [-0.4, -0.2) is 88.0 Å². The highest BCUT2D eigenvalue weighted by Crippen LogP contribution is 2.26. The minimum absolute atomic E-state index is 0.0283. The highest BCUT2D eigenvalue weighted by Gasteiger charge is 2.13. The summed E-state index contributed by atoms with van der Waals surface area (Å²) in [4.78, 5) is 35.9. The van der Waals surface area contributed by atoms with Gasteiger partial charge in [0.05, 0.1) is 39.5 Å². The maximum Gasteiger partial charge on any atom is 0.405 e. The highest BCUT2D eigenvalue weighted by atomic mass is 16.6. The Morgan fingerprint density at radius 1 is 0.978 bits per heavy atom. The van der Waals surface area contributed by atoms with Crippen molar-refractivity contribution in [3.63, 3.8) is 0 Å². The number of primary amides is 1. The standard InChI is InChI=1S/C28H35N3O6.C5H11NO2/c29-21-25(28(34)30-9-13-35-14-15-36-16-17-37-27(33)8-12-32)19-22-4-5-24-20-26(7-6-23(24)18-22)31-10-2-1-3-11-31;1-5(2,3)8-4(6)7/h4-7,18-20,32H,1-3,8-17H2,(H,30,34);1-3H3,(H2,6,7)/b25-19+;. The number of aliphatic hydroxyl groups excluding tert-OH is 1. The molecule has 1 aliphatic heterocycles. The molecule has 0 aromatic heterocycles. The lowest BCUT2D eigenvalue weighted by molar-refractivity contribution is -0.146. The van der Waals surface area contributed by atoms with Crippen molar-refractivity contribution < 1.29 is 38.4 Å². The summed E-state index contributed by atoms with van der Waals surface area (Å²) in [7, 11) is 0. The first-order valence-corrected chi connectivity index (χ1v) is 15.1. The van der Waals surface area contributed by atoms with Crippen LogP contribution in [0.15, 0.2) is 42.0 Å². The van der Waals surface area contributed by atoms with E-state index in [1.807, 2.05) is 24.3 Å². The first kappa shape index (κ1) is 37.0. The molecular weight excluding hydrogens is 580 g/mol. The third-order valence-electron chi connectivity index (χ3n) is 6.36. The number of aliphatic hydroxyl groups is 1. The fraction of sp³-hybridized carbons (Fsp3) is 0.515. The van der Waals surface area contributed by atoms with Crippen molar-refractivity contribution in [3.05, 3.63) is 47.5 Å². The topological polar surface area (TPSA) is 173 Å². The van der Waals surface area contributed by atoms with Gasteiger partial charge in [0.25, 0.3) is 5.91 Å². The molecule has 12 nitrogen and oxygen atoms in total. The lowest BCUT2D eigenvalue weighted by Crippen LogP contribution is -2.29. The fourth-order valence-corrected chi connectivity index (χ4v) is 4.34. The lowest BCUT2D eigenvalue weighted by Gasteiger charge is -2.29. The molecule has 246 valence electrons. The minimum atomic E-state index is -0.725. The summed E-state index contributed by atoms with van der Waals surface area (Å²) < 4.78 is 20.1. The van der Waals surface area contributed by atoms with Crippen molar-refractivity contribution in [1.82, 2.24) is 5.32 Å². The van der Waals surface area contributed by atoms with Crippen LogP contribution in [0.25, 0.3) is 16.8 Å². The van der Waals surface area contributed by atoms with Crippen LogP contribution in [0.5, 0.6) is 0 Å². The van der Waals surface area contributed by atoms with Crippen molar-refractivity contribution in [2.75, 3.05) is 64.2 Å². The second-order valence-electron chi connectivity index (χ2n) is 11.2. The first-order valence-electron chi connectivity index (χ1n) is 15.1. The number of carbonyl (C=O) groups excluding carboxylic acids is 3. The van der Waals surface area contributed by atoms with E-state index in [9.17, 15) is 19.6 Å². The van der Waals surface area contributed by atoms with Gasteiger partial charge in [0, 0.05) is 25.3 Å². The summed E-state index contributed by atoms with van der Waals surface area (Å²) in [6.45, 7) is 8.76. The van der Waals surface area contributed by atoms with Gasteiger partial charge in [-0.2, -0.15) is 5.26 Å². The van der Waals surface area contributed by atoms with E-state index in [2.05, 4.69) is 33.2 Å². The number of piperidine rings is 1. The number of fused-ring (bicyclic) bond motifs is 1. The van der Waals surface area contributed by atoms with Crippen molar-refractivity contribution in [2.24, 2.45) is 5.73 Å². The van der Waals surface area contributed by atoms with Crippen LogP contribution >= 0.6 is 0 Å². The van der Waals surface area contributed by atoms with Crippen molar-refractivity contribution in [3.8, 4) is 6.07 Å². The number of esters is 1. The summed E-state index contributed by atoms with van der Waals surface area (Å²) in [6, 6.07) is 14.3. The van der Waals surface area contributed by atoms with Gasteiger partial charge in [-0.15, -0.1) is 0 Å². The van der Waals surface area contributed by atoms with Gasteiger partial charge in [-0.05, 0) is 80.6 Å². The smallest absolute Gasteiger partial charge is 0.405 e. The molecule has 12 heteroatoms. The average Bonchev–Trinajstić information content (AvgIpc) is 3.00. The predicted octanol–water partition coefficient (Wildman–Crippen LogP) is 3.69. The molecule has 0 aliphatic carbocycles. The molecule has 0 unspecified atom stereocenters. The molecule has 2 aromatic carbocycles. The number of anilines is 1. The molecule has 0 bridgehead atoms. The zero-order valence-electron chi connectivity index (χ0n) is 26.5. The van der Waals surface area contributed by atoms with Crippen LogP contribution < -0.4 is 16.0 Å². The second-order valence-corrected chi connectivity index (χ2v) is 11.2. The molecule has 0 saturated carbocycles. The zero-order valence-corrected chi connectivity index (χ0v) is 26.5. The van der Waals surface area contributed by atoms with Gasteiger partial charge in [-0.3, -0.25) is 9.59 Å². The van der Waals surface area contributed by atoms with Crippen LogP contribution in [0.4, 0.5) is 10.5 Å². The van der Waals surface area contributed by atoms with E-state index in [1.165, 1.54) is 24.9 Å². The molecule has 1 saturated heterocycles. The van der Waals surface area contributed by atoms with E-state index in [-0.39, 0.29) is 45.0 Å². The van der Waals surface area contributed by atoms with Crippen molar-refractivity contribution in [1.29, 1.82) is 5.26 Å². The Morgan fingerprint density at radius 2 is 1.62 bits per heavy atom. The Labute approximate surface area is 265 Å². The van der Waals surface area contributed by atoms with Crippen LogP contribution in [0, 0.1) is 11.3 Å². The van der Waals surface area contributed by atoms with Crippen LogP contribution in [0.2, 0.25) is 0 Å². The Hall–Kier alpha value is -4.18. The number of nitrogens with two attached hydrogens (primary N) is 1. The number of hydrogen-bond acceptors (Lipinski definition) is 10. The largest absolute Gasteiger partial charge is 0.463 e. The van der Waals surface area contributed by atoms with Gasteiger partial charge in [-0.1, -0.05) is 18.2 Å². The first-order chi connectivity index (χ1) is 21.5. The summed E-state index contributed by atoms with van der Waals surface area (Å²) in [5, 5.41) is 23.0. The maximum absolute atomic E-state index is 12.4. The van der Waals surface area contributed by atoms with E-state index < -0.39 is 23.6 Å². The SMILES string of the molecule is CC(C)(C)OC(N)=O.N#C/C(=C\c1ccc2cc(N3CCCCC3)ccc2c1)C(=O)NCCOCCOCCOC(=O)CCO. The number of rotatable bonds is 14. The minimum Gasteiger partial charge on any atom is -0.463 e. The van der Waals surface area contributed by atoms with E-state index >= 15 is 0 Å². The molecule has 1 heterocycles. The Balaban J connectivity index is 0.000000777.